The van der Waals surface area contributed by atoms with E-state index in [0.717, 1.165) is 24.2 Å². The predicted octanol–water partition coefficient (Wildman–Crippen LogP) is 3.54. The Bertz CT molecular complexity index is 1450. The molecule has 190 valence electrons. The molecule has 9 heteroatoms. The lowest BCUT2D eigenvalue weighted by atomic mass is 9.49. The van der Waals surface area contributed by atoms with Crippen LogP contribution in [0.1, 0.15) is 42.4 Å². The first-order valence-electron chi connectivity index (χ1n) is 12.7. The second-order valence-electron chi connectivity index (χ2n) is 11.0. The number of aliphatic hydroxyl groups is 2. The standard InChI is InChI=1S/C28H26ClN3O5/c29-17-5-3-16(12-30)19(10-17)31-26(35)18-11-28(36)21-9-15-4-6-20(33)24-22(15)27(28,25(37-24)23(18)34)7-8-32(21)13-14-1-2-14/h3-6,10,14,21,25,33-34,36H,1-2,7-9,11,13H2,(H,31,35)/t21-,25+,27+,28-/m1/s1. The van der Waals surface area contributed by atoms with Crippen molar-refractivity contribution >= 4 is 23.2 Å². The van der Waals surface area contributed by atoms with E-state index in [1.165, 1.54) is 25.0 Å². The van der Waals surface area contributed by atoms with Crippen molar-refractivity contribution in [2.75, 3.05) is 18.4 Å². The summed E-state index contributed by atoms with van der Waals surface area (Å²) in [5.74, 6) is -0.0148. The van der Waals surface area contributed by atoms with E-state index in [1.807, 2.05) is 12.1 Å². The van der Waals surface area contributed by atoms with Crippen LogP contribution in [0.2, 0.25) is 5.02 Å². The van der Waals surface area contributed by atoms with Gasteiger partial charge in [-0.1, -0.05) is 17.7 Å². The molecule has 1 amide bonds. The number of carbonyl (C=O) groups excluding carboxylic acids is 1. The molecule has 37 heavy (non-hydrogen) atoms. The molecule has 2 aromatic rings. The average Bonchev–Trinajstić information content (AvgIpc) is 3.61. The molecule has 2 heterocycles. The number of nitriles is 1. The first-order chi connectivity index (χ1) is 17.8. The smallest absolute Gasteiger partial charge is 0.255 e. The maximum Gasteiger partial charge on any atom is 0.255 e. The number of ether oxygens (including phenoxy) is 1. The Hall–Kier alpha value is -3.25. The number of nitrogens with zero attached hydrogens (tertiary/aromatic N) is 2. The van der Waals surface area contributed by atoms with Gasteiger partial charge in [-0.15, -0.1) is 0 Å². The fraction of sp³-hybridized carbons (Fsp3) is 0.429. The molecule has 0 aromatic heterocycles. The Balaban J connectivity index is 1.35. The highest BCUT2D eigenvalue weighted by molar-refractivity contribution is 6.31. The lowest BCUT2D eigenvalue weighted by molar-refractivity contribution is -0.172. The molecule has 4 atom stereocenters. The van der Waals surface area contributed by atoms with Crippen LogP contribution >= 0.6 is 11.6 Å². The highest BCUT2D eigenvalue weighted by atomic mass is 35.5. The van der Waals surface area contributed by atoms with Crippen molar-refractivity contribution in [3.05, 3.63) is 63.4 Å². The Labute approximate surface area is 218 Å². The van der Waals surface area contributed by atoms with Gasteiger partial charge in [-0.05, 0) is 68.0 Å². The minimum Gasteiger partial charge on any atom is -0.508 e. The van der Waals surface area contributed by atoms with E-state index < -0.39 is 23.0 Å². The third kappa shape index (κ3) is 2.99. The molecular weight excluding hydrogens is 494 g/mol. The Morgan fingerprint density at radius 3 is 2.84 bits per heavy atom. The van der Waals surface area contributed by atoms with Crippen LogP contribution in [0.3, 0.4) is 0 Å². The van der Waals surface area contributed by atoms with Crippen LogP contribution in [0.5, 0.6) is 11.5 Å². The van der Waals surface area contributed by atoms with Gasteiger partial charge < -0.3 is 25.4 Å². The summed E-state index contributed by atoms with van der Waals surface area (Å²) in [5, 5.41) is 47.4. The number of piperidine rings is 1. The largest absolute Gasteiger partial charge is 0.508 e. The first kappa shape index (κ1) is 22.9. The van der Waals surface area contributed by atoms with Gasteiger partial charge in [0.15, 0.2) is 17.6 Å². The quantitative estimate of drug-likeness (QED) is 0.486. The van der Waals surface area contributed by atoms with Crippen LogP contribution in [0.4, 0.5) is 5.69 Å². The van der Waals surface area contributed by atoms with Crippen LogP contribution < -0.4 is 10.1 Å². The predicted molar refractivity (Wildman–Crippen MR) is 135 cm³/mol. The highest BCUT2D eigenvalue weighted by Gasteiger charge is 2.73. The number of aromatic hydroxyl groups is 1. The van der Waals surface area contributed by atoms with Gasteiger partial charge in [0, 0.05) is 29.6 Å². The van der Waals surface area contributed by atoms with Gasteiger partial charge in [-0.25, -0.2) is 0 Å². The van der Waals surface area contributed by atoms with Gasteiger partial charge in [0.2, 0.25) is 0 Å². The number of halogens is 1. The SMILES string of the molecule is N#Cc1ccc(Cl)cc1NC(=O)C1=C(O)[C@@H]2Oc3c(O)ccc4c3[C@@]23CCN(CC2CC2)[C@H](C4)[C@]3(O)C1. The van der Waals surface area contributed by atoms with Gasteiger partial charge in [-0.3, -0.25) is 9.69 Å². The summed E-state index contributed by atoms with van der Waals surface area (Å²) in [4.78, 5) is 15.9. The number of carbonyl (C=O) groups is 1. The zero-order chi connectivity index (χ0) is 25.7. The number of anilines is 1. The molecule has 4 N–H and O–H groups in total. The summed E-state index contributed by atoms with van der Waals surface area (Å²) >= 11 is 6.10. The maximum absolute atomic E-state index is 13.6. The van der Waals surface area contributed by atoms with Crippen molar-refractivity contribution in [1.82, 2.24) is 4.90 Å². The van der Waals surface area contributed by atoms with Gasteiger partial charge in [-0.2, -0.15) is 5.26 Å². The number of rotatable bonds is 4. The number of aliphatic hydroxyl groups excluding tert-OH is 1. The minimum atomic E-state index is -1.40. The van der Waals surface area contributed by atoms with Gasteiger partial charge in [0.05, 0.1) is 27.8 Å². The van der Waals surface area contributed by atoms with Gasteiger partial charge in [0.1, 0.15) is 11.8 Å². The number of nitrogens with one attached hydrogen (secondary N) is 1. The van der Waals surface area contributed by atoms with E-state index in [4.69, 9.17) is 16.3 Å². The molecule has 2 aliphatic heterocycles. The second kappa shape index (κ2) is 7.64. The summed E-state index contributed by atoms with van der Waals surface area (Å²) in [5.41, 5.74) is -0.140. The number of hydrogen-bond donors (Lipinski definition) is 4. The van der Waals surface area contributed by atoms with E-state index >= 15 is 0 Å². The van der Waals surface area contributed by atoms with E-state index in [9.17, 15) is 25.4 Å². The summed E-state index contributed by atoms with van der Waals surface area (Å²) < 4.78 is 6.22. The monoisotopic (exact) mass is 519 g/mol. The fourth-order valence-corrected chi connectivity index (χ4v) is 7.46. The number of hydrogen-bond acceptors (Lipinski definition) is 7. The molecule has 1 spiro atoms. The van der Waals surface area contributed by atoms with Crippen LogP contribution in [-0.2, 0) is 16.6 Å². The second-order valence-corrected chi connectivity index (χ2v) is 11.5. The van der Waals surface area contributed by atoms with Crippen molar-refractivity contribution in [3.8, 4) is 17.6 Å². The average molecular weight is 520 g/mol. The van der Waals surface area contributed by atoms with E-state index in [0.29, 0.717) is 23.8 Å². The molecule has 7 rings (SSSR count). The molecule has 5 aliphatic rings. The minimum absolute atomic E-state index is 0.0148. The lowest BCUT2D eigenvalue weighted by Gasteiger charge is -2.62. The molecule has 2 bridgehead atoms. The third-order valence-corrected chi connectivity index (χ3v) is 9.38. The topological polar surface area (TPSA) is 126 Å². The molecule has 2 aromatic carbocycles. The van der Waals surface area contributed by atoms with E-state index in [-0.39, 0.29) is 46.5 Å². The van der Waals surface area contributed by atoms with Crippen molar-refractivity contribution < 1.29 is 24.9 Å². The fourth-order valence-electron chi connectivity index (χ4n) is 7.28. The number of phenols is 1. The van der Waals surface area contributed by atoms with E-state index in [1.54, 1.807) is 12.1 Å². The summed E-state index contributed by atoms with van der Waals surface area (Å²) in [6.07, 6.45) is 2.38. The van der Waals surface area contributed by atoms with Gasteiger partial charge in [0.25, 0.3) is 5.91 Å². The van der Waals surface area contributed by atoms with Crippen LogP contribution in [0.25, 0.3) is 0 Å². The van der Waals surface area contributed by atoms with Crippen molar-refractivity contribution in [2.24, 2.45) is 5.92 Å². The molecule has 1 saturated carbocycles. The Morgan fingerprint density at radius 1 is 1.27 bits per heavy atom. The molecule has 1 saturated heterocycles. The third-order valence-electron chi connectivity index (χ3n) is 9.14. The summed E-state index contributed by atoms with van der Waals surface area (Å²) in [7, 11) is 0. The molecule has 0 unspecified atom stereocenters. The molecule has 2 fully saturated rings. The maximum atomic E-state index is 13.6. The molecule has 8 nitrogen and oxygen atoms in total. The van der Waals surface area contributed by atoms with Gasteiger partial charge >= 0.3 is 0 Å². The van der Waals surface area contributed by atoms with E-state index in [2.05, 4.69) is 10.2 Å². The zero-order valence-electron chi connectivity index (χ0n) is 20.0. The van der Waals surface area contributed by atoms with Crippen LogP contribution in [0.15, 0.2) is 41.7 Å². The number of benzene rings is 2. The number of likely N-dealkylation sites (tertiary alicyclic amines) is 1. The van der Waals surface area contributed by atoms with Crippen molar-refractivity contribution in [2.45, 2.75) is 55.3 Å². The van der Waals surface area contributed by atoms with Crippen LogP contribution in [-0.4, -0.2) is 57.0 Å². The van der Waals surface area contributed by atoms with Crippen molar-refractivity contribution in [3.63, 3.8) is 0 Å². The summed E-state index contributed by atoms with van der Waals surface area (Å²) in [6.45, 7) is 1.63. The summed E-state index contributed by atoms with van der Waals surface area (Å²) in [6, 6.07) is 9.81. The zero-order valence-corrected chi connectivity index (χ0v) is 20.8. The lowest BCUT2D eigenvalue weighted by Crippen LogP contribution is -2.75. The number of amides is 1. The molecule has 0 radical (unpaired) electrons. The normalized spacial score (nSPS) is 31.4. The number of phenolic OH excluding ortho intramolecular Hbond substituents is 1. The molecular formula is C28H26ClN3O5. The van der Waals surface area contributed by atoms with Crippen molar-refractivity contribution in [1.29, 1.82) is 5.26 Å². The van der Waals surface area contributed by atoms with Crippen LogP contribution in [0, 0.1) is 17.2 Å². The Kier molecular flexibility index (Phi) is 4.73. The Morgan fingerprint density at radius 2 is 2.08 bits per heavy atom. The highest BCUT2D eigenvalue weighted by Crippen LogP contribution is 2.66. The first-order valence-corrected chi connectivity index (χ1v) is 13.1. The molecule has 3 aliphatic carbocycles.